The quantitative estimate of drug-likeness (QED) is 0.414. The van der Waals surface area contributed by atoms with Crippen LogP contribution in [0.3, 0.4) is 0 Å². The Morgan fingerprint density at radius 3 is 2.65 bits per heavy atom. The van der Waals surface area contributed by atoms with Crippen molar-refractivity contribution in [2.75, 3.05) is 5.32 Å². The molecule has 4 rings (SSSR count). The van der Waals surface area contributed by atoms with Gasteiger partial charge in [-0.25, -0.2) is 9.97 Å². The first-order chi connectivity index (χ1) is 15.1. The summed E-state index contributed by atoms with van der Waals surface area (Å²) in [6, 6.07) is 14.8. The number of carbonyl (C=O) groups excluding carboxylic acids is 1. The van der Waals surface area contributed by atoms with Crippen molar-refractivity contribution in [1.82, 2.24) is 20.1 Å². The zero-order valence-corrected chi connectivity index (χ0v) is 17.7. The standard InChI is InChI=1S/C22H19N5O3S/c1-14-12-16(29-22-23-10-5-11-24-22)8-9-18(14)26-21(28)17-6-3-4-7-19(17)31-13-20-25-15(2)30-27-20/h3-12H,13H2,1-2H3,(H,26,28). The predicted octanol–water partition coefficient (Wildman–Crippen LogP) is 4.81. The summed E-state index contributed by atoms with van der Waals surface area (Å²) in [5, 5.41) is 6.87. The van der Waals surface area contributed by atoms with Crippen molar-refractivity contribution in [1.29, 1.82) is 0 Å². The van der Waals surface area contributed by atoms with Gasteiger partial charge in [0.15, 0.2) is 5.82 Å². The summed E-state index contributed by atoms with van der Waals surface area (Å²) in [4.78, 5) is 26.1. The van der Waals surface area contributed by atoms with Gasteiger partial charge in [-0.15, -0.1) is 11.8 Å². The molecule has 0 aliphatic carbocycles. The van der Waals surface area contributed by atoms with Gasteiger partial charge in [0.2, 0.25) is 5.89 Å². The lowest BCUT2D eigenvalue weighted by molar-refractivity contribution is 0.102. The molecule has 0 bridgehead atoms. The molecular formula is C22H19N5O3S. The van der Waals surface area contributed by atoms with E-state index in [2.05, 4.69) is 25.4 Å². The number of rotatable bonds is 7. The summed E-state index contributed by atoms with van der Waals surface area (Å²) in [7, 11) is 0. The lowest BCUT2D eigenvalue weighted by Gasteiger charge is -2.12. The number of hydrogen-bond acceptors (Lipinski definition) is 8. The third-order valence-electron chi connectivity index (χ3n) is 4.26. The van der Waals surface area contributed by atoms with Crippen molar-refractivity contribution in [3.8, 4) is 11.8 Å². The van der Waals surface area contributed by atoms with Crippen molar-refractivity contribution in [2.24, 2.45) is 0 Å². The number of anilines is 1. The van der Waals surface area contributed by atoms with Crippen LogP contribution in [0.5, 0.6) is 11.8 Å². The number of hydrogen-bond donors (Lipinski definition) is 1. The molecule has 0 radical (unpaired) electrons. The summed E-state index contributed by atoms with van der Waals surface area (Å²) in [5.41, 5.74) is 2.12. The van der Waals surface area contributed by atoms with E-state index in [9.17, 15) is 4.79 Å². The Morgan fingerprint density at radius 2 is 1.90 bits per heavy atom. The minimum Gasteiger partial charge on any atom is -0.424 e. The van der Waals surface area contributed by atoms with E-state index < -0.39 is 0 Å². The molecule has 9 heteroatoms. The van der Waals surface area contributed by atoms with Crippen LogP contribution in [0.1, 0.15) is 27.6 Å². The predicted molar refractivity (Wildman–Crippen MR) is 116 cm³/mol. The zero-order valence-electron chi connectivity index (χ0n) is 16.9. The highest BCUT2D eigenvalue weighted by Gasteiger charge is 2.14. The van der Waals surface area contributed by atoms with Gasteiger partial charge in [-0.3, -0.25) is 4.79 Å². The maximum absolute atomic E-state index is 13.0. The molecule has 4 aromatic rings. The van der Waals surface area contributed by atoms with Gasteiger partial charge >= 0.3 is 6.01 Å². The Labute approximate surface area is 183 Å². The van der Waals surface area contributed by atoms with Gasteiger partial charge in [-0.05, 0) is 48.9 Å². The fraction of sp³-hybridized carbons (Fsp3) is 0.136. The van der Waals surface area contributed by atoms with E-state index in [1.54, 1.807) is 43.6 Å². The lowest BCUT2D eigenvalue weighted by atomic mass is 10.1. The van der Waals surface area contributed by atoms with Crippen molar-refractivity contribution >= 4 is 23.4 Å². The molecule has 2 aromatic carbocycles. The maximum atomic E-state index is 13.0. The molecule has 1 amide bonds. The number of aryl methyl sites for hydroxylation is 2. The first-order valence-electron chi connectivity index (χ1n) is 9.46. The van der Waals surface area contributed by atoms with Crippen LogP contribution in [0, 0.1) is 13.8 Å². The Kier molecular flexibility index (Phi) is 6.23. The normalized spacial score (nSPS) is 10.6. The van der Waals surface area contributed by atoms with Crippen LogP contribution in [-0.4, -0.2) is 26.0 Å². The zero-order chi connectivity index (χ0) is 21.6. The number of carbonyl (C=O) groups is 1. The highest BCUT2D eigenvalue weighted by Crippen LogP contribution is 2.28. The van der Waals surface area contributed by atoms with Crippen LogP contribution < -0.4 is 10.1 Å². The molecule has 0 saturated carbocycles. The first-order valence-corrected chi connectivity index (χ1v) is 10.4. The van der Waals surface area contributed by atoms with Crippen LogP contribution in [0.25, 0.3) is 0 Å². The van der Waals surface area contributed by atoms with E-state index in [1.165, 1.54) is 11.8 Å². The van der Waals surface area contributed by atoms with Gasteiger partial charge in [-0.2, -0.15) is 4.98 Å². The van der Waals surface area contributed by atoms with Crippen molar-refractivity contribution < 1.29 is 14.1 Å². The van der Waals surface area contributed by atoms with Gasteiger partial charge in [0.1, 0.15) is 5.75 Å². The largest absolute Gasteiger partial charge is 0.424 e. The summed E-state index contributed by atoms with van der Waals surface area (Å²) >= 11 is 1.48. The smallest absolute Gasteiger partial charge is 0.321 e. The molecule has 0 saturated heterocycles. The van der Waals surface area contributed by atoms with Gasteiger partial charge < -0.3 is 14.6 Å². The molecule has 0 aliphatic heterocycles. The number of nitrogens with zero attached hydrogens (tertiary/aromatic N) is 4. The van der Waals surface area contributed by atoms with E-state index in [1.807, 2.05) is 31.2 Å². The number of amides is 1. The van der Waals surface area contributed by atoms with Gasteiger partial charge in [-0.1, -0.05) is 17.3 Å². The number of aromatic nitrogens is 4. The monoisotopic (exact) mass is 433 g/mol. The Morgan fingerprint density at radius 1 is 1.10 bits per heavy atom. The third-order valence-corrected chi connectivity index (χ3v) is 5.32. The van der Waals surface area contributed by atoms with Gasteiger partial charge in [0, 0.05) is 29.9 Å². The number of ether oxygens (including phenoxy) is 1. The minimum absolute atomic E-state index is 0.199. The van der Waals surface area contributed by atoms with E-state index in [4.69, 9.17) is 9.26 Å². The SMILES string of the molecule is Cc1nc(CSc2ccccc2C(=O)Nc2ccc(Oc3ncccn3)cc2C)no1. The fourth-order valence-corrected chi connectivity index (χ4v) is 3.69. The molecular weight excluding hydrogens is 414 g/mol. The molecule has 1 N–H and O–H groups in total. The molecule has 8 nitrogen and oxygen atoms in total. The van der Waals surface area contributed by atoms with Crippen molar-refractivity contribution in [3.05, 3.63) is 83.8 Å². The van der Waals surface area contributed by atoms with E-state index in [0.29, 0.717) is 34.5 Å². The number of benzene rings is 2. The molecule has 0 fully saturated rings. The molecule has 31 heavy (non-hydrogen) atoms. The van der Waals surface area contributed by atoms with Crippen LogP contribution in [-0.2, 0) is 5.75 Å². The molecule has 156 valence electrons. The second-order valence-electron chi connectivity index (χ2n) is 6.58. The third kappa shape index (κ3) is 5.26. The van der Waals surface area contributed by atoms with Crippen LogP contribution >= 0.6 is 11.8 Å². The van der Waals surface area contributed by atoms with E-state index in [0.717, 1.165) is 10.5 Å². The average molecular weight is 433 g/mol. The van der Waals surface area contributed by atoms with Gasteiger partial charge in [0.05, 0.1) is 11.3 Å². The molecule has 0 spiro atoms. The Hall–Kier alpha value is -3.72. The molecule has 2 heterocycles. The second kappa shape index (κ2) is 9.40. The second-order valence-corrected chi connectivity index (χ2v) is 7.60. The van der Waals surface area contributed by atoms with Crippen LogP contribution in [0.2, 0.25) is 0 Å². The summed E-state index contributed by atoms with van der Waals surface area (Å²) in [5.74, 6) is 2.01. The topological polar surface area (TPSA) is 103 Å². The van der Waals surface area contributed by atoms with Crippen LogP contribution in [0.4, 0.5) is 5.69 Å². The molecule has 0 aliphatic rings. The minimum atomic E-state index is -0.199. The maximum Gasteiger partial charge on any atom is 0.321 e. The lowest BCUT2D eigenvalue weighted by Crippen LogP contribution is -2.13. The van der Waals surface area contributed by atoms with Crippen LogP contribution in [0.15, 0.2) is 70.3 Å². The van der Waals surface area contributed by atoms with E-state index in [-0.39, 0.29) is 11.9 Å². The Bertz CT molecular complexity index is 1200. The molecule has 0 unspecified atom stereocenters. The van der Waals surface area contributed by atoms with Gasteiger partial charge in [0.25, 0.3) is 5.91 Å². The number of nitrogens with one attached hydrogen (secondary N) is 1. The number of thioether (sulfide) groups is 1. The Balaban J connectivity index is 1.45. The molecule has 0 atom stereocenters. The average Bonchev–Trinajstić information content (AvgIpc) is 3.20. The molecule has 2 aromatic heterocycles. The summed E-state index contributed by atoms with van der Waals surface area (Å²) in [6.45, 7) is 3.64. The first kappa shape index (κ1) is 20.5. The highest BCUT2D eigenvalue weighted by atomic mass is 32.2. The highest BCUT2D eigenvalue weighted by molar-refractivity contribution is 7.98. The van der Waals surface area contributed by atoms with E-state index >= 15 is 0 Å². The summed E-state index contributed by atoms with van der Waals surface area (Å²) in [6.07, 6.45) is 3.22. The van der Waals surface area contributed by atoms with Crippen molar-refractivity contribution in [3.63, 3.8) is 0 Å². The fourth-order valence-electron chi connectivity index (χ4n) is 2.80. The van der Waals surface area contributed by atoms with Crippen molar-refractivity contribution in [2.45, 2.75) is 24.5 Å². The summed E-state index contributed by atoms with van der Waals surface area (Å²) < 4.78 is 10.6.